The molecule has 0 aliphatic heterocycles. The van der Waals surface area contributed by atoms with E-state index in [1.807, 2.05) is 13.8 Å². The summed E-state index contributed by atoms with van der Waals surface area (Å²) in [5, 5.41) is 10.3. The van der Waals surface area contributed by atoms with Gasteiger partial charge in [0.05, 0.1) is 12.2 Å². The molecule has 2 nitrogen and oxygen atoms in total. The zero-order valence-electron chi connectivity index (χ0n) is 10.6. The van der Waals surface area contributed by atoms with Crippen molar-refractivity contribution in [3.63, 3.8) is 0 Å². The number of aliphatic hydroxyl groups is 1. The Labute approximate surface area is 102 Å². The van der Waals surface area contributed by atoms with E-state index in [-0.39, 0.29) is 12.4 Å². The molecule has 0 heterocycles. The number of halogens is 1. The lowest BCUT2D eigenvalue weighted by Gasteiger charge is -2.26. The van der Waals surface area contributed by atoms with Crippen LogP contribution in [0.4, 0.5) is 4.39 Å². The van der Waals surface area contributed by atoms with Crippen LogP contribution in [0.5, 0.6) is 0 Å². The van der Waals surface area contributed by atoms with Gasteiger partial charge in [-0.2, -0.15) is 0 Å². The zero-order valence-corrected chi connectivity index (χ0v) is 10.6. The van der Waals surface area contributed by atoms with Crippen LogP contribution in [0.1, 0.15) is 32.3 Å². The van der Waals surface area contributed by atoms with Crippen LogP contribution in [-0.4, -0.2) is 23.9 Å². The number of hydrogen-bond acceptors (Lipinski definition) is 2. The SMILES string of the molecule is CCCOCC(O)(CC)Cc1ccccc1F. The van der Waals surface area contributed by atoms with Gasteiger partial charge in [0.2, 0.25) is 0 Å². The number of ether oxygens (including phenoxy) is 1. The molecule has 0 amide bonds. The Kier molecular flexibility index (Phi) is 5.59. The molecule has 1 rings (SSSR count). The smallest absolute Gasteiger partial charge is 0.126 e. The molecule has 0 aromatic heterocycles. The third-order valence-corrected chi connectivity index (χ3v) is 2.85. The topological polar surface area (TPSA) is 29.5 Å². The molecule has 0 aliphatic rings. The second kappa shape index (κ2) is 6.72. The van der Waals surface area contributed by atoms with Crippen molar-refractivity contribution >= 4 is 0 Å². The Hall–Kier alpha value is -0.930. The van der Waals surface area contributed by atoms with E-state index in [4.69, 9.17) is 4.74 Å². The molecule has 0 bridgehead atoms. The van der Waals surface area contributed by atoms with Crippen LogP contribution in [0.15, 0.2) is 24.3 Å². The monoisotopic (exact) mass is 240 g/mol. The molecule has 1 aromatic carbocycles. The first-order valence-electron chi connectivity index (χ1n) is 6.15. The van der Waals surface area contributed by atoms with Gasteiger partial charge in [0, 0.05) is 13.0 Å². The van der Waals surface area contributed by atoms with Gasteiger partial charge < -0.3 is 9.84 Å². The Bertz CT molecular complexity index is 341. The summed E-state index contributed by atoms with van der Waals surface area (Å²) in [4.78, 5) is 0. The fourth-order valence-corrected chi connectivity index (χ4v) is 1.68. The first-order chi connectivity index (χ1) is 8.11. The predicted molar refractivity (Wildman–Crippen MR) is 66.5 cm³/mol. The molecule has 1 atom stereocenters. The largest absolute Gasteiger partial charge is 0.387 e. The molecule has 1 unspecified atom stereocenters. The van der Waals surface area contributed by atoms with Gasteiger partial charge in [0.1, 0.15) is 5.82 Å². The van der Waals surface area contributed by atoms with Gasteiger partial charge in [-0.15, -0.1) is 0 Å². The van der Waals surface area contributed by atoms with E-state index in [1.54, 1.807) is 18.2 Å². The third-order valence-electron chi connectivity index (χ3n) is 2.85. The van der Waals surface area contributed by atoms with Crippen molar-refractivity contribution in [2.24, 2.45) is 0 Å². The number of benzene rings is 1. The Balaban J connectivity index is 2.65. The van der Waals surface area contributed by atoms with Crippen LogP contribution >= 0.6 is 0 Å². The van der Waals surface area contributed by atoms with Gasteiger partial charge in [-0.25, -0.2) is 4.39 Å². The molecular weight excluding hydrogens is 219 g/mol. The maximum Gasteiger partial charge on any atom is 0.126 e. The third kappa shape index (κ3) is 4.44. The highest BCUT2D eigenvalue weighted by Gasteiger charge is 2.26. The van der Waals surface area contributed by atoms with E-state index >= 15 is 0 Å². The lowest BCUT2D eigenvalue weighted by Crippen LogP contribution is -2.36. The van der Waals surface area contributed by atoms with Gasteiger partial charge in [-0.3, -0.25) is 0 Å². The first kappa shape index (κ1) is 14.1. The highest BCUT2D eigenvalue weighted by Crippen LogP contribution is 2.20. The molecule has 96 valence electrons. The average molecular weight is 240 g/mol. The second-order valence-corrected chi connectivity index (χ2v) is 4.40. The molecule has 0 saturated heterocycles. The molecule has 0 aliphatic carbocycles. The minimum absolute atomic E-state index is 0.256. The van der Waals surface area contributed by atoms with E-state index < -0.39 is 5.60 Å². The Morgan fingerprint density at radius 2 is 2.00 bits per heavy atom. The van der Waals surface area contributed by atoms with Crippen LogP contribution in [0.25, 0.3) is 0 Å². The van der Waals surface area contributed by atoms with Gasteiger partial charge >= 0.3 is 0 Å². The van der Waals surface area contributed by atoms with Crippen LogP contribution in [0.3, 0.4) is 0 Å². The summed E-state index contributed by atoms with van der Waals surface area (Å²) in [6.45, 7) is 4.78. The molecule has 17 heavy (non-hydrogen) atoms. The second-order valence-electron chi connectivity index (χ2n) is 4.40. The van der Waals surface area contributed by atoms with Gasteiger partial charge in [-0.1, -0.05) is 32.0 Å². The standard InChI is InChI=1S/C14H21FO2/c1-3-9-17-11-14(16,4-2)10-12-7-5-6-8-13(12)15/h5-8,16H,3-4,9-11H2,1-2H3. The number of rotatable bonds is 7. The van der Waals surface area contributed by atoms with E-state index in [1.165, 1.54) is 6.07 Å². The van der Waals surface area contributed by atoms with E-state index in [0.717, 1.165) is 6.42 Å². The summed E-state index contributed by atoms with van der Waals surface area (Å²) in [7, 11) is 0. The minimum Gasteiger partial charge on any atom is -0.387 e. The molecule has 0 radical (unpaired) electrons. The van der Waals surface area contributed by atoms with Crippen molar-refractivity contribution in [2.45, 2.75) is 38.7 Å². The van der Waals surface area contributed by atoms with Crippen molar-refractivity contribution in [3.8, 4) is 0 Å². The summed E-state index contributed by atoms with van der Waals surface area (Å²) in [5.74, 6) is -0.269. The normalized spacial score (nSPS) is 14.6. The molecule has 3 heteroatoms. The maximum atomic E-state index is 13.5. The van der Waals surface area contributed by atoms with Gasteiger partial charge in [0.25, 0.3) is 0 Å². The maximum absolute atomic E-state index is 13.5. The molecule has 1 N–H and O–H groups in total. The minimum atomic E-state index is -0.975. The molecule has 0 saturated carbocycles. The Morgan fingerprint density at radius 1 is 1.29 bits per heavy atom. The summed E-state index contributed by atoms with van der Waals surface area (Å²) in [6, 6.07) is 6.55. The highest BCUT2D eigenvalue weighted by atomic mass is 19.1. The lowest BCUT2D eigenvalue weighted by atomic mass is 9.92. The highest BCUT2D eigenvalue weighted by molar-refractivity contribution is 5.19. The molecular formula is C14H21FO2. The zero-order chi connectivity index (χ0) is 12.7. The molecule has 0 spiro atoms. The predicted octanol–water partition coefficient (Wildman–Crippen LogP) is 2.94. The van der Waals surface area contributed by atoms with E-state index in [2.05, 4.69) is 0 Å². The summed E-state index contributed by atoms with van der Waals surface area (Å²) in [6.07, 6.45) is 1.75. The van der Waals surface area contributed by atoms with Crippen molar-refractivity contribution in [1.82, 2.24) is 0 Å². The fraction of sp³-hybridized carbons (Fsp3) is 0.571. The quantitative estimate of drug-likeness (QED) is 0.742. The van der Waals surface area contributed by atoms with Crippen LogP contribution < -0.4 is 0 Å². The van der Waals surface area contributed by atoms with Crippen LogP contribution in [0.2, 0.25) is 0 Å². The lowest BCUT2D eigenvalue weighted by molar-refractivity contribution is -0.0486. The summed E-state index contributed by atoms with van der Waals surface area (Å²) in [5.41, 5.74) is -0.436. The van der Waals surface area contributed by atoms with E-state index in [0.29, 0.717) is 25.0 Å². The average Bonchev–Trinajstić information content (AvgIpc) is 2.33. The van der Waals surface area contributed by atoms with E-state index in [9.17, 15) is 9.50 Å². The van der Waals surface area contributed by atoms with Crippen LogP contribution in [-0.2, 0) is 11.2 Å². The van der Waals surface area contributed by atoms with Crippen molar-refractivity contribution in [1.29, 1.82) is 0 Å². The molecule has 1 aromatic rings. The van der Waals surface area contributed by atoms with Gasteiger partial charge in [0.15, 0.2) is 0 Å². The Morgan fingerprint density at radius 3 is 2.59 bits per heavy atom. The van der Waals surface area contributed by atoms with Crippen LogP contribution in [0, 0.1) is 5.82 Å². The van der Waals surface area contributed by atoms with Crippen molar-refractivity contribution in [3.05, 3.63) is 35.6 Å². The first-order valence-corrected chi connectivity index (χ1v) is 6.15. The fourth-order valence-electron chi connectivity index (χ4n) is 1.68. The van der Waals surface area contributed by atoms with Crippen molar-refractivity contribution < 1.29 is 14.2 Å². The summed E-state index contributed by atoms with van der Waals surface area (Å²) >= 11 is 0. The summed E-state index contributed by atoms with van der Waals surface area (Å²) < 4.78 is 18.9. The van der Waals surface area contributed by atoms with Crippen molar-refractivity contribution in [2.75, 3.05) is 13.2 Å². The molecule has 0 fully saturated rings. The number of hydrogen-bond donors (Lipinski definition) is 1. The van der Waals surface area contributed by atoms with Gasteiger partial charge in [-0.05, 0) is 24.5 Å².